The third kappa shape index (κ3) is 1.84. The van der Waals surface area contributed by atoms with E-state index in [9.17, 15) is 0 Å². The second-order valence-electron chi connectivity index (χ2n) is 4.48. The third-order valence-corrected chi connectivity index (χ3v) is 3.96. The van der Waals surface area contributed by atoms with E-state index >= 15 is 0 Å². The van der Waals surface area contributed by atoms with E-state index in [1.54, 1.807) is 6.07 Å². The van der Waals surface area contributed by atoms with Gasteiger partial charge in [-0.05, 0) is 18.6 Å². The average Bonchev–Trinajstić information content (AvgIpc) is 2.65. The molecule has 3 rings (SSSR count). The van der Waals surface area contributed by atoms with Gasteiger partial charge in [-0.3, -0.25) is 0 Å². The zero-order valence-corrected chi connectivity index (χ0v) is 10.9. The van der Waals surface area contributed by atoms with Crippen LogP contribution in [0.5, 0.6) is 5.75 Å². The molecule has 0 saturated carbocycles. The van der Waals surface area contributed by atoms with Gasteiger partial charge in [-0.2, -0.15) is 5.26 Å². The first-order valence-electron chi connectivity index (χ1n) is 5.73. The molecular weight excluding hydrogens is 273 g/mol. The second-order valence-corrected chi connectivity index (χ2v) is 5.32. The molecule has 3 unspecified atom stereocenters. The molecular formula is C12H11Cl2N3O. The fourth-order valence-corrected chi connectivity index (χ4v) is 3.18. The SMILES string of the molecule is N#CC1NNC2c3cc(Cl)cc(Cl)c3OCCC12. The summed E-state index contributed by atoms with van der Waals surface area (Å²) >= 11 is 12.2. The molecule has 1 fully saturated rings. The maximum Gasteiger partial charge on any atom is 0.142 e. The summed E-state index contributed by atoms with van der Waals surface area (Å²) in [4.78, 5) is 0. The van der Waals surface area contributed by atoms with Gasteiger partial charge < -0.3 is 4.74 Å². The molecule has 2 heterocycles. The van der Waals surface area contributed by atoms with E-state index < -0.39 is 0 Å². The van der Waals surface area contributed by atoms with Gasteiger partial charge in [0.1, 0.15) is 11.8 Å². The Hall–Kier alpha value is -0.990. The lowest BCUT2D eigenvalue weighted by molar-refractivity contribution is 0.289. The minimum atomic E-state index is -0.220. The molecule has 0 amide bonds. The van der Waals surface area contributed by atoms with Gasteiger partial charge in [0.25, 0.3) is 0 Å². The van der Waals surface area contributed by atoms with E-state index in [0.29, 0.717) is 22.4 Å². The Morgan fingerprint density at radius 2 is 2.17 bits per heavy atom. The summed E-state index contributed by atoms with van der Waals surface area (Å²) < 4.78 is 5.70. The molecule has 0 bridgehead atoms. The number of halogens is 2. The molecule has 18 heavy (non-hydrogen) atoms. The lowest BCUT2D eigenvalue weighted by atomic mass is 9.88. The summed E-state index contributed by atoms with van der Waals surface area (Å²) in [5.41, 5.74) is 7.06. The Morgan fingerprint density at radius 1 is 1.33 bits per heavy atom. The largest absolute Gasteiger partial charge is 0.492 e. The molecule has 1 saturated heterocycles. The van der Waals surface area contributed by atoms with Crippen LogP contribution in [0.1, 0.15) is 18.0 Å². The summed E-state index contributed by atoms with van der Waals surface area (Å²) in [5.74, 6) is 0.826. The number of rotatable bonds is 0. The molecule has 1 aromatic carbocycles. The van der Waals surface area contributed by atoms with Gasteiger partial charge in [0, 0.05) is 16.5 Å². The van der Waals surface area contributed by atoms with E-state index in [1.807, 2.05) is 6.07 Å². The smallest absolute Gasteiger partial charge is 0.142 e. The standard InChI is InChI=1S/C12H11Cl2N3O/c13-6-3-8-11-7(10(5-15)16-17-11)1-2-18-12(8)9(14)4-6/h3-4,7,10-11,16-17H,1-2H2. The molecule has 0 spiro atoms. The van der Waals surface area contributed by atoms with Crippen molar-refractivity contribution in [2.24, 2.45) is 5.92 Å². The van der Waals surface area contributed by atoms with E-state index in [4.69, 9.17) is 33.2 Å². The summed E-state index contributed by atoms with van der Waals surface area (Å²) in [5, 5.41) is 10.2. The van der Waals surface area contributed by atoms with Gasteiger partial charge in [0.2, 0.25) is 0 Å². The molecule has 2 aliphatic heterocycles. The lowest BCUT2D eigenvalue weighted by Crippen LogP contribution is -2.31. The molecule has 2 aliphatic rings. The topological polar surface area (TPSA) is 57.1 Å². The summed E-state index contributed by atoms with van der Waals surface area (Å²) in [6.07, 6.45) is 0.797. The van der Waals surface area contributed by atoms with E-state index in [0.717, 1.165) is 12.0 Å². The number of hydrazine groups is 1. The van der Waals surface area contributed by atoms with Crippen molar-refractivity contribution in [2.45, 2.75) is 18.5 Å². The normalized spacial score (nSPS) is 29.7. The van der Waals surface area contributed by atoms with Gasteiger partial charge in [-0.1, -0.05) is 23.2 Å². The first kappa shape index (κ1) is 12.1. The quantitative estimate of drug-likeness (QED) is 0.768. The monoisotopic (exact) mass is 283 g/mol. The highest BCUT2D eigenvalue weighted by atomic mass is 35.5. The molecule has 0 aromatic heterocycles. The third-order valence-electron chi connectivity index (χ3n) is 3.46. The molecule has 1 aromatic rings. The van der Waals surface area contributed by atoms with Crippen molar-refractivity contribution < 1.29 is 4.74 Å². The predicted molar refractivity (Wildman–Crippen MR) is 68.5 cm³/mol. The van der Waals surface area contributed by atoms with Gasteiger partial charge in [0.05, 0.1) is 23.7 Å². The van der Waals surface area contributed by atoms with Crippen LogP contribution in [0.2, 0.25) is 10.0 Å². The van der Waals surface area contributed by atoms with Crippen molar-refractivity contribution in [3.05, 3.63) is 27.7 Å². The van der Waals surface area contributed by atoms with Crippen molar-refractivity contribution in [1.29, 1.82) is 5.26 Å². The molecule has 0 radical (unpaired) electrons. The maximum atomic E-state index is 9.11. The van der Waals surface area contributed by atoms with Gasteiger partial charge in [-0.15, -0.1) is 0 Å². The van der Waals surface area contributed by atoms with Crippen molar-refractivity contribution in [3.63, 3.8) is 0 Å². The van der Waals surface area contributed by atoms with Crippen molar-refractivity contribution >= 4 is 23.2 Å². The molecule has 0 aliphatic carbocycles. The summed E-state index contributed by atoms with van der Waals surface area (Å²) in [6.45, 7) is 0.553. The number of nitriles is 1. The Morgan fingerprint density at radius 3 is 2.94 bits per heavy atom. The average molecular weight is 284 g/mol. The number of benzene rings is 1. The molecule has 94 valence electrons. The number of ether oxygens (including phenoxy) is 1. The van der Waals surface area contributed by atoms with Crippen LogP contribution < -0.4 is 15.6 Å². The van der Waals surface area contributed by atoms with E-state index in [1.165, 1.54) is 0 Å². The number of hydrogen-bond donors (Lipinski definition) is 2. The zero-order valence-electron chi connectivity index (χ0n) is 9.41. The number of nitrogens with one attached hydrogen (secondary N) is 2. The Labute approximate surface area is 115 Å². The first-order chi connectivity index (χ1) is 8.70. The van der Waals surface area contributed by atoms with Crippen LogP contribution in [0.15, 0.2) is 12.1 Å². The van der Waals surface area contributed by atoms with Gasteiger partial charge in [0.15, 0.2) is 0 Å². The minimum absolute atomic E-state index is 0.00310. The van der Waals surface area contributed by atoms with Crippen LogP contribution in [0.3, 0.4) is 0 Å². The second kappa shape index (κ2) is 4.60. The van der Waals surface area contributed by atoms with Crippen LogP contribution in [-0.2, 0) is 0 Å². The first-order valence-corrected chi connectivity index (χ1v) is 6.48. The zero-order chi connectivity index (χ0) is 12.7. The predicted octanol–water partition coefficient (Wildman–Crippen LogP) is 2.43. The van der Waals surface area contributed by atoms with Crippen molar-refractivity contribution in [3.8, 4) is 11.8 Å². The van der Waals surface area contributed by atoms with Crippen LogP contribution in [-0.4, -0.2) is 12.6 Å². The summed E-state index contributed by atoms with van der Waals surface area (Å²) in [6, 6.07) is 5.56. The number of nitrogens with zero attached hydrogens (tertiary/aromatic N) is 1. The molecule has 4 nitrogen and oxygen atoms in total. The van der Waals surface area contributed by atoms with Crippen molar-refractivity contribution in [2.75, 3.05) is 6.61 Å². The van der Waals surface area contributed by atoms with Crippen molar-refractivity contribution in [1.82, 2.24) is 10.9 Å². The minimum Gasteiger partial charge on any atom is -0.492 e. The molecule has 3 atom stereocenters. The van der Waals surface area contributed by atoms with Crippen LogP contribution in [0, 0.1) is 17.2 Å². The van der Waals surface area contributed by atoms with Crippen LogP contribution in [0.25, 0.3) is 0 Å². The van der Waals surface area contributed by atoms with Crippen LogP contribution in [0.4, 0.5) is 0 Å². The molecule has 2 N–H and O–H groups in total. The van der Waals surface area contributed by atoms with Gasteiger partial charge >= 0.3 is 0 Å². The Balaban J connectivity index is 2.08. The van der Waals surface area contributed by atoms with Crippen LogP contribution >= 0.6 is 23.2 Å². The highest BCUT2D eigenvalue weighted by Crippen LogP contribution is 2.43. The summed E-state index contributed by atoms with van der Waals surface area (Å²) in [7, 11) is 0. The molecule has 6 heteroatoms. The fraction of sp³-hybridized carbons (Fsp3) is 0.417. The maximum absolute atomic E-state index is 9.11. The van der Waals surface area contributed by atoms with Gasteiger partial charge in [-0.25, -0.2) is 10.9 Å². The lowest BCUT2D eigenvalue weighted by Gasteiger charge is -2.17. The number of hydrogen-bond acceptors (Lipinski definition) is 4. The fourth-order valence-electron chi connectivity index (χ4n) is 2.62. The Kier molecular flexibility index (Phi) is 3.08. The van der Waals surface area contributed by atoms with E-state index in [2.05, 4.69) is 16.9 Å². The highest BCUT2D eigenvalue weighted by molar-refractivity contribution is 6.35. The highest BCUT2D eigenvalue weighted by Gasteiger charge is 2.40. The van der Waals surface area contributed by atoms with E-state index in [-0.39, 0.29) is 18.0 Å². The Bertz CT molecular complexity index is 529. The number of fused-ring (bicyclic) bond motifs is 3.